The standard InChI is InChI=1S/C9H13N3O3/c1-10-9(14)7-3-5-12(11-7)6-4-8(13)15-2/h3,5H,4,6H2,1-2H3,(H,10,14). The van der Waals surface area contributed by atoms with Gasteiger partial charge in [-0.25, -0.2) is 0 Å². The van der Waals surface area contributed by atoms with Crippen LogP contribution in [0.5, 0.6) is 0 Å². The Kier molecular flexibility index (Phi) is 3.84. The van der Waals surface area contributed by atoms with Gasteiger partial charge in [0, 0.05) is 13.2 Å². The molecule has 0 aliphatic heterocycles. The zero-order valence-corrected chi connectivity index (χ0v) is 8.69. The smallest absolute Gasteiger partial charge is 0.307 e. The number of carbonyl (C=O) groups is 2. The number of carbonyl (C=O) groups excluding carboxylic acids is 2. The molecule has 0 atom stereocenters. The van der Waals surface area contributed by atoms with Crippen molar-refractivity contribution in [2.75, 3.05) is 14.2 Å². The molecule has 0 spiro atoms. The van der Waals surface area contributed by atoms with Gasteiger partial charge in [0.2, 0.25) is 0 Å². The SMILES string of the molecule is CNC(=O)c1ccn(CCC(=O)OC)n1. The van der Waals surface area contributed by atoms with Gasteiger partial charge < -0.3 is 10.1 Å². The molecular weight excluding hydrogens is 198 g/mol. The molecule has 0 saturated heterocycles. The van der Waals surface area contributed by atoms with Gasteiger partial charge in [0.1, 0.15) is 5.69 Å². The van der Waals surface area contributed by atoms with Crippen molar-refractivity contribution in [3.8, 4) is 0 Å². The molecular formula is C9H13N3O3. The van der Waals surface area contributed by atoms with E-state index in [0.717, 1.165) is 0 Å². The minimum Gasteiger partial charge on any atom is -0.469 e. The number of hydrogen-bond acceptors (Lipinski definition) is 4. The van der Waals surface area contributed by atoms with Gasteiger partial charge in [0.15, 0.2) is 0 Å². The molecule has 6 heteroatoms. The number of hydrogen-bond donors (Lipinski definition) is 1. The summed E-state index contributed by atoms with van der Waals surface area (Å²) < 4.78 is 6.02. The predicted molar refractivity (Wildman–Crippen MR) is 52.3 cm³/mol. The van der Waals surface area contributed by atoms with Gasteiger partial charge in [-0.3, -0.25) is 14.3 Å². The quantitative estimate of drug-likeness (QED) is 0.700. The molecule has 1 heterocycles. The molecule has 1 aromatic heterocycles. The Hall–Kier alpha value is -1.85. The van der Waals surface area contributed by atoms with Crippen LogP contribution in [-0.4, -0.2) is 35.8 Å². The topological polar surface area (TPSA) is 73.2 Å². The van der Waals surface area contributed by atoms with Gasteiger partial charge in [-0.1, -0.05) is 0 Å². The molecule has 0 bridgehead atoms. The minimum atomic E-state index is -0.299. The van der Waals surface area contributed by atoms with Crippen LogP contribution >= 0.6 is 0 Å². The summed E-state index contributed by atoms with van der Waals surface area (Å²) in [5.41, 5.74) is 0.336. The minimum absolute atomic E-state index is 0.241. The fraction of sp³-hybridized carbons (Fsp3) is 0.444. The van der Waals surface area contributed by atoms with Crippen LogP contribution in [0.25, 0.3) is 0 Å². The maximum absolute atomic E-state index is 11.1. The second kappa shape index (κ2) is 5.14. The van der Waals surface area contributed by atoms with Crippen LogP contribution in [0.2, 0.25) is 0 Å². The molecule has 0 saturated carbocycles. The number of rotatable bonds is 4. The number of methoxy groups -OCH3 is 1. The van der Waals surface area contributed by atoms with Crippen molar-refractivity contribution >= 4 is 11.9 Å². The van der Waals surface area contributed by atoms with Crippen LogP contribution in [-0.2, 0) is 16.1 Å². The highest BCUT2D eigenvalue weighted by molar-refractivity contribution is 5.91. The van der Waals surface area contributed by atoms with Crippen LogP contribution in [0.3, 0.4) is 0 Å². The second-order valence-electron chi connectivity index (χ2n) is 2.87. The van der Waals surface area contributed by atoms with Crippen LogP contribution in [0.4, 0.5) is 0 Å². The van der Waals surface area contributed by atoms with E-state index in [9.17, 15) is 9.59 Å². The molecule has 0 aliphatic rings. The first kappa shape index (κ1) is 11.2. The lowest BCUT2D eigenvalue weighted by molar-refractivity contribution is -0.140. The molecule has 0 radical (unpaired) electrons. The van der Waals surface area contributed by atoms with Crippen LogP contribution in [0, 0.1) is 0 Å². The Morgan fingerprint density at radius 1 is 1.60 bits per heavy atom. The van der Waals surface area contributed by atoms with E-state index in [4.69, 9.17) is 0 Å². The van der Waals surface area contributed by atoms with Crippen LogP contribution in [0.15, 0.2) is 12.3 Å². The third-order valence-electron chi connectivity index (χ3n) is 1.87. The Morgan fingerprint density at radius 3 is 2.93 bits per heavy atom. The lowest BCUT2D eigenvalue weighted by atomic mass is 10.4. The maximum Gasteiger partial charge on any atom is 0.307 e. The number of nitrogens with one attached hydrogen (secondary N) is 1. The maximum atomic E-state index is 11.1. The Labute approximate surface area is 87.2 Å². The summed E-state index contributed by atoms with van der Waals surface area (Å²) in [6, 6.07) is 1.59. The average Bonchev–Trinajstić information content (AvgIpc) is 2.73. The first-order chi connectivity index (χ1) is 7.17. The molecule has 15 heavy (non-hydrogen) atoms. The molecule has 82 valence electrons. The van der Waals surface area contributed by atoms with Gasteiger partial charge in [0.05, 0.1) is 20.1 Å². The first-order valence-electron chi connectivity index (χ1n) is 4.49. The lowest BCUT2D eigenvalue weighted by Gasteiger charge is -1.99. The number of aryl methyl sites for hydroxylation is 1. The molecule has 0 fully saturated rings. The van der Waals surface area contributed by atoms with Crippen molar-refractivity contribution < 1.29 is 14.3 Å². The van der Waals surface area contributed by atoms with Crippen LogP contribution in [0.1, 0.15) is 16.9 Å². The van der Waals surface area contributed by atoms with E-state index < -0.39 is 0 Å². The van der Waals surface area contributed by atoms with Crippen molar-refractivity contribution in [2.24, 2.45) is 0 Å². The molecule has 1 N–H and O–H groups in total. The molecule has 6 nitrogen and oxygen atoms in total. The molecule has 1 aromatic rings. The molecule has 0 aromatic carbocycles. The number of ether oxygens (including phenoxy) is 1. The van der Waals surface area contributed by atoms with E-state index in [1.54, 1.807) is 12.3 Å². The Morgan fingerprint density at radius 2 is 2.33 bits per heavy atom. The second-order valence-corrected chi connectivity index (χ2v) is 2.87. The highest BCUT2D eigenvalue weighted by atomic mass is 16.5. The van der Waals surface area contributed by atoms with E-state index in [2.05, 4.69) is 15.2 Å². The molecule has 0 aliphatic carbocycles. The van der Waals surface area contributed by atoms with E-state index in [-0.39, 0.29) is 18.3 Å². The van der Waals surface area contributed by atoms with Gasteiger partial charge in [-0.05, 0) is 6.07 Å². The van der Waals surface area contributed by atoms with Gasteiger partial charge in [-0.2, -0.15) is 5.10 Å². The first-order valence-corrected chi connectivity index (χ1v) is 4.49. The summed E-state index contributed by atoms with van der Waals surface area (Å²) in [5.74, 6) is -0.543. The fourth-order valence-electron chi connectivity index (χ4n) is 1.04. The molecule has 0 unspecified atom stereocenters. The summed E-state index contributed by atoms with van der Waals surface area (Å²) >= 11 is 0. The van der Waals surface area contributed by atoms with E-state index in [0.29, 0.717) is 12.2 Å². The van der Waals surface area contributed by atoms with E-state index in [1.807, 2.05) is 0 Å². The summed E-state index contributed by atoms with van der Waals surface area (Å²) in [5, 5.41) is 6.45. The van der Waals surface area contributed by atoms with Crippen molar-refractivity contribution in [1.82, 2.24) is 15.1 Å². The third-order valence-corrected chi connectivity index (χ3v) is 1.87. The summed E-state index contributed by atoms with van der Waals surface area (Å²) in [6.07, 6.45) is 1.89. The monoisotopic (exact) mass is 211 g/mol. The van der Waals surface area contributed by atoms with E-state index >= 15 is 0 Å². The van der Waals surface area contributed by atoms with Crippen molar-refractivity contribution in [1.29, 1.82) is 0 Å². The van der Waals surface area contributed by atoms with Gasteiger partial charge in [-0.15, -0.1) is 0 Å². The largest absolute Gasteiger partial charge is 0.469 e. The number of amides is 1. The number of nitrogens with zero attached hydrogens (tertiary/aromatic N) is 2. The number of aromatic nitrogens is 2. The Bertz CT molecular complexity index is 359. The molecule has 1 rings (SSSR count). The highest BCUT2D eigenvalue weighted by Crippen LogP contribution is 1.97. The summed E-state index contributed by atoms with van der Waals surface area (Å²) in [7, 11) is 2.87. The van der Waals surface area contributed by atoms with Gasteiger partial charge in [0.25, 0.3) is 5.91 Å². The zero-order valence-electron chi connectivity index (χ0n) is 8.69. The van der Waals surface area contributed by atoms with Crippen molar-refractivity contribution in [2.45, 2.75) is 13.0 Å². The fourth-order valence-corrected chi connectivity index (χ4v) is 1.04. The average molecular weight is 211 g/mol. The van der Waals surface area contributed by atoms with E-state index in [1.165, 1.54) is 18.8 Å². The normalized spacial score (nSPS) is 9.73. The zero-order chi connectivity index (χ0) is 11.3. The van der Waals surface area contributed by atoms with Crippen LogP contribution < -0.4 is 5.32 Å². The van der Waals surface area contributed by atoms with Crippen molar-refractivity contribution in [3.05, 3.63) is 18.0 Å². The molecule has 1 amide bonds. The highest BCUT2D eigenvalue weighted by Gasteiger charge is 2.07. The van der Waals surface area contributed by atoms with Crippen molar-refractivity contribution in [3.63, 3.8) is 0 Å². The van der Waals surface area contributed by atoms with Gasteiger partial charge >= 0.3 is 5.97 Å². The summed E-state index contributed by atoms with van der Waals surface area (Å²) in [4.78, 5) is 22.0. The third kappa shape index (κ3) is 3.08. The Balaban J connectivity index is 2.53. The number of esters is 1. The lowest BCUT2D eigenvalue weighted by Crippen LogP contribution is -2.19. The predicted octanol–water partition coefficient (Wildman–Crippen LogP) is -0.194. The summed E-state index contributed by atoms with van der Waals surface area (Å²) in [6.45, 7) is 0.406.